The van der Waals surface area contributed by atoms with Crippen molar-refractivity contribution in [1.82, 2.24) is 9.97 Å². The summed E-state index contributed by atoms with van der Waals surface area (Å²) in [7, 11) is 0. The van der Waals surface area contributed by atoms with Gasteiger partial charge in [0, 0.05) is 12.0 Å². The third kappa shape index (κ3) is 1.78. The van der Waals surface area contributed by atoms with Crippen LogP contribution in [-0.2, 0) is 11.2 Å². The molecule has 1 aliphatic rings. The maximum atomic E-state index is 5.96. The zero-order chi connectivity index (χ0) is 12.5. The Hall–Kier alpha value is -2.14. The Morgan fingerprint density at radius 2 is 1.89 bits per heavy atom. The van der Waals surface area contributed by atoms with Crippen molar-refractivity contribution in [2.45, 2.75) is 12.5 Å². The number of anilines is 2. The van der Waals surface area contributed by atoms with Crippen LogP contribution in [0.25, 0.3) is 0 Å². The van der Waals surface area contributed by atoms with E-state index in [2.05, 4.69) is 9.97 Å². The highest BCUT2D eigenvalue weighted by molar-refractivity contribution is 5.51. The molecular formula is C13H14N4O. The Bertz CT molecular complexity index is 571. The largest absolute Gasteiger partial charge is 0.383 e. The Labute approximate surface area is 105 Å². The van der Waals surface area contributed by atoms with Gasteiger partial charge in [-0.25, -0.2) is 4.98 Å². The molecule has 2 aromatic rings. The van der Waals surface area contributed by atoms with Crippen LogP contribution >= 0.6 is 0 Å². The standard InChI is InChI=1S/C13H14N4O/c14-12-10-9(16-13(15)17-12)6-7-18-11(10)8-4-2-1-3-5-8/h1-5,11H,6-7H2,(H4,14,15,16,17). The van der Waals surface area contributed by atoms with Gasteiger partial charge in [-0.1, -0.05) is 30.3 Å². The first-order chi connectivity index (χ1) is 8.75. The van der Waals surface area contributed by atoms with E-state index < -0.39 is 0 Å². The van der Waals surface area contributed by atoms with Gasteiger partial charge < -0.3 is 16.2 Å². The van der Waals surface area contributed by atoms with Crippen molar-refractivity contribution in [3.63, 3.8) is 0 Å². The minimum Gasteiger partial charge on any atom is -0.383 e. The molecule has 1 atom stereocenters. The van der Waals surface area contributed by atoms with E-state index in [1.54, 1.807) is 0 Å². The number of ether oxygens (including phenoxy) is 1. The highest BCUT2D eigenvalue weighted by Gasteiger charge is 2.27. The van der Waals surface area contributed by atoms with E-state index in [0.29, 0.717) is 12.4 Å². The lowest BCUT2D eigenvalue weighted by molar-refractivity contribution is 0.0688. The Morgan fingerprint density at radius 3 is 2.67 bits per heavy atom. The molecule has 0 aliphatic carbocycles. The maximum absolute atomic E-state index is 5.96. The first-order valence-electron chi connectivity index (χ1n) is 5.84. The molecule has 5 heteroatoms. The lowest BCUT2D eigenvalue weighted by Gasteiger charge is -2.26. The normalized spacial score (nSPS) is 18.3. The van der Waals surface area contributed by atoms with Gasteiger partial charge in [-0.3, -0.25) is 0 Å². The number of benzene rings is 1. The van der Waals surface area contributed by atoms with Crippen molar-refractivity contribution >= 4 is 11.8 Å². The second kappa shape index (κ2) is 4.27. The van der Waals surface area contributed by atoms with Gasteiger partial charge in [0.25, 0.3) is 0 Å². The van der Waals surface area contributed by atoms with Gasteiger partial charge >= 0.3 is 0 Å². The van der Waals surface area contributed by atoms with E-state index >= 15 is 0 Å². The summed E-state index contributed by atoms with van der Waals surface area (Å²) < 4.78 is 5.81. The Kier molecular flexibility index (Phi) is 2.60. The molecule has 4 N–H and O–H groups in total. The number of nitrogen functional groups attached to an aromatic ring is 2. The Morgan fingerprint density at radius 1 is 1.11 bits per heavy atom. The quantitative estimate of drug-likeness (QED) is 0.787. The van der Waals surface area contributed by atoms with E-state index in [-0.39, 0.29) is 12.1 Å². The maximum Gasteiger partial charge on any atom is 0.222 e. The molecule has 1 aliphatic heterocycles. The molecule has 0 saturated carbocycles. The van der Waals surface area contributed by atoms with Crippen LogP contribution in [0.15, 0.2) is 30.3 Å². The second-order valence-electron chi connectivity index (χ2n) is 4.24. The van der Waals surface area contributed by atoms with Crippen molar-refractivity contribution in [1.29, 1.82) is 0 Å². The van der Waals surface area contributed by atoms with Gasteiger partial charge in [0.15, 0.2) is 0 Å². The second-order valence-corrected chi connectivity index (χ2v) is 4.24. The van der Waals surface area contributed by atoms with Crippen LogP contribution in [0.4, 0.5) is 11.8 Å². The lowest BCUT2D eigenvalue weighted by Crippen LogP contribution is -2.22. The fourth-order valence-electron chi connectivity index (χ4n) is 2.28. The molecule has 0 bridgehead atoms. The third-order valence-electron chi connectivity index (χ3n) is 3.06. The van der Waals surface area contributed by atoms with Crippen molar-refractivity contribution < 1.29 is 4.74 Å². The zero-order valence-corrected chi connectivity index (χ0v) is 9.84. The van der Waals surface area contributed by atoms with Crippen LogP contribution in [0.5, 0.6) is 0 Å². The highest BCUT2D eigenvalue weighted by Crippen LogP contribution is 2.34. The number of hydrogen-bond acceptors (Lipinski definition) is 5. The summed E-state index contributed by atoms with van der Waals surface area (Å²) in [4.78, 5) is 8.28. The van der Waals surface area contributed by atoms with Crippen LogP contribution in [-0.4, -0.2) is 16.6 Å². The van der Waals surface area contributed by atoms with Crippen molar-refractivity contribution in [3.8, 4) is 0 Å². The summed E-state index contributed by atoms with van der Waals surface area (Å²) in [5.74, 6) is 0.631. The van der Waals surface area contributed by atoms with Crippen LogP contribution < -0.4 is 11.5 Å². The first-order valence-corrected chi connectivity index (χ1v) is 5.84. The Balaban J connectivity index is 2.12. The smallest absolute Gasteiger partial charge is 0.222 e. The number of fused-ring (bicyclic) bond motifs is 1. The van der Waals surface area contributed by atoms with Crippen LogP contribution in [0.2, 0.25) is 0 Å². The van der Waals surface area contributed by atoms with Gasteiger partial charge in [-0.05, 0) is 5.56 Å². The number of rotatable bonds is 1. The molecule has 2 heterocycles. The molecule has 0 radical (unpaired) electrons. The van der Waals surface area contributed by atoms with Crippen LogP contribution in [0, 0.1) is 0 Å². The predicted octanol–water partition coefficient (Wildman–Crippen LogP) is 1.30. The molecule has 1 aromatic carbocycles. The van der Waals surface area contributed by atoms with E-state index in [1.165, 1.54) is 0 Å². The summed E-state index contributed by atoms with van der Waals surface area (Å²) in [5, 5.41) is 0. The zero-order valence-electron chi connectivity index (χ0n) is 9.84. The summed E-state index contributed by atoms with van der Waals surface area (Å²) in [6.07, 6.45) is 0.519. The van der Waals surface area contributed by atoms with Crippen molar-refractivity contribution in [2.75, 3.05) is 18.1 Å². The topological polar surface area (TPSA) is 87.0 Å². The average Bonchev–Trinajstić information content (AvgIpc) is 2.38. The minimum absolute atomic E-state index is 0.199. The lowest BCUT2D eigenvalue weighted by atomic mass is 9.97. The molecule has 1 aromatic heterocycles. The van der Waals surface area contributed by atoms with Crippen LogP contribution in [0.1, 0.15) is 22.9 Å². The number of hydrogen-bond donors (Lipinski definition) is 2. The summed E-state index contributed by atoms with van der Waals surface area (Å²) in [6, 6.07) is 9.93. The number of aromatic nitrogens is 2. The van der Waals surface area contributed by atoms with E-state index in [4.69, 9.17) is 16.2 Å². The summed E-state index contributed by atoms with van der Waals surface area (Å²) in [6.45, 7) is 0.614. The third-order valence-corrected chi connectivity index (χ3v) is 3.06. The fraction of sp³-hybridized carbons (Fsp3) is 0.231. The molecule has 0 saturated heterocycles. The predicted molar refractivity (Wildman–Crippen MR) is 68.8 cm³/mol. The van der Waals surface area contributed by atoms with Gasteiger partial charge in [-0.15, -0.1) is 0 Å². The molecule has 0 fully saturated rings. The molecule has 92 valence electrons. The average molecular weight is 242 g/mol. The molecule has 0 spiro atoms. The van der Waals surface area contributed by atoms with Crippen LogP contribution in [0.3, 0.4) is 0 Å². The van der Waals surface area contributed by atoms with Crippen molar-refractivity contribution in [2.24, 2.45) is 0 Å². The fourth-order valence-corrected chi connectivity index (χ4v) is 2.28. The van der Waals surface area contributed by atoms with E-state index in [9.17, 15) is 0 Å². The monoisotopic (exact) mass is 242 g/mol. The minimum atomic E-state index is -0.199. The SMILES string of the molecule is Nc1nc(N)c2c(n1)CCOC2c1ccccc1. The molecular weight excluding hydrogens is 228 g/mol. The number of nitrogens with two attached hydrogens (primary N) is 2. The summed E-state index contributed by atoms with van der Waals surface area (Å²) >= 11 is 0. The first kappa shape index (κ1) is 11.0. The van der Waals surface area contributed by atoms with Gasteiger partial charge in [0.05, 0.1) is 12.3 Å². The highest BCUT2D eigenvalue weighted by atomic mass is 16.5. The molecule has 1 unspecified atom stereocenters. The van der Waals surface area contributed by atoms with Gasteiger partial charge in [0.2, 0.25) is 5.95 Å². The molecule has 18 heavy (non-hydrogen) atoms. The van der Waals surface area contributed by atoms with Crippen molar-refractivity contribution in [3.05, 3.63) is 47.2 Å². The summed E-state index contributed by atoms with van der Waals surface area (Å²) in [5.41, 5.74) is 14.4. The number of nitrogens with zero attached hydrogens (tertiary/aromatic N) is 2. The molecule has 0 amide bonds. The molecule has 5 nitrogen and oxygen atoms in total. The van der Waals surface area contributed by atoms with Gasteiger partial charge in [0.1, 0.15) is 11.9 Å². The van der Waals surface area contributed by atoms with E-state index in [1.807, 2.05) is 30.3 Å². The van der Waals surface area contributed by atoms with E-state index in [0.717, 1.165) is 23.2 Å². The molecule has 3 rings (SSSR count). The van der Waals surface area contributed by atoms with Gasteiger partial charge in [-0.2, -0.15) is 4.98 Å².